The van der Waals surface area contributed by atoms with E-state index in [4.69, 9.17) is 5.73 Å². The maximum atomic E-state index is 5.63. The second-order valence-corrected chi connectivity index (χ2v) is 2.60. The number of halogens is 1. The van der Waals surface area contributed by atoms with Crippen molar-refractivity contribution in [3.63, 3.8) is 0 Å². The standard InChI is InChI=1S/C9H9N3.ClH/c10-8-3-4-9-7(6-8)2-1-5-11-12-9;/h1-6,12H,10H2;1H. The normalized spacial score (nSPS) is 12.3. The average Bonchev–Trinajstić information content (AvgIpc) is 2.28. The number of hydrogen-bond donors (Lipinski definition) is 2. The molecule has 2 rings (SSSR count). The molecule has 3 nitrogen and oxygen atoms in total. The van der Waals surface area contributed by atoms with Crippen LogP contribution in [0, 0.1) is 0 Å². The Hall–Kier alpha value is -1.48. The number of nitrogens with two attached hydrogens (primary N) is 1. The van der Waals surface area contributed by atoms with Gasteiger partial charge in [-0.1, -0.05) is 6.08 Å². The zero-order valence-corrected chi connectivity index (χ0v) is 7.71. The number of allylic oxidation sites excluding steroid dienone is 1. The van der Waals surface area contributed by atoms with Crippen molar-refractivity contribution in [1.82, 2.24) is 0 Å². The zero-order chi connectivity index (χ0) is 8.39. The Morgan fingerprint density at radius 2 is 2.15 bits per heavy atom. The number of anilines is 2. The fourth-order valence-corrected chi connectivity index (χ4v) is 1.12. The smallest absolute Gasteiger partial charge is 0.0635 e. The first-order valence-corrected chi connectivity index (χ1v) is 3.71. The van der Waals surface area contributed by atoms with Gasteiger partial charge < -0.3 is 5.73 Å². The summed E-state index contributed by atoms with van der Waals surface area (Å²) < 4.78 is 0. The summed E-state index contributed by atoms with van der Waals surface area (Å²) in [4.78, 5) is 0. The molecule has 0 unspecified atom stereocenters. The third-order valence-electron chi connectivity index (χ3n) is 1.70. The summed E-state index contributed by atoms with van der Waals surface area (Å²) in [6, 6.07) is 5.67. The van der Waals surface area contributed by atoms with Crippen LogP contribution in [0.1, 0.15) is 5.56 Å². The summed E-state index contributed by atoms with van der Waals surface area (Å²) in [5.41, 5.74) is 11.3. The fraction of sp³-hybridized carbons (Fsp3) is 0. The van der Waals surface area contributed by atoms with E-state index < -0.39 is 0 Å². The molecule has 1 aliphatic rings. The molecule has 1 aliphatic heterocycles. The van der Waals surface area contributed by atoms with Gasteiger partial charge in [0.05, 0.1) is 5.69 Å². The number of benzene rings is 1. The summed E-state index contributed by atoms with van der Waals surface area (Å²) in [5, 5.41) is 3.94. The Balaban J connectivity index is 0.000000845. The predicted octanol–water partition coefficient (Wildman–Crippen LogP) is 2.12. The van der Waals surface area contributed by atoms with Gasteiger partial charge in [0.25, 0.3) is 0 Å². The number of hydrogen-bond acceptors (Lipinski definition) is 3. The number of rotatable bonds is 0. The molecule has 0 radical (unpaired) electrons. The van der Waals surface area contributed by atoms with Crippen LogP contribution < -0.4 is 11.2 Å². The SMILES string of the molecule is Cl.Nc1ccc2c(c1)C=CC=NN2. The Kier molecular flexibility index (Phi) is 2.93. The highest BCUT2D eigenvalue weighted by Gasteiger charge is 1.99. The van der Waals surface area contributed by atoms with E-state index in [0.717, 1.165) is 16.9 Å². The molecule has 13 heavy (non-hydrogen) atoms. The molecule has 0 aliphatic carbocycles. The van der Waals surface area contributed by atoms with Gasteiger partial charge in [-0.2, -0.15) is 5.10 Å². The van der Waals surface area contributed by atoms with Crippen LogP contribution in [0.4, 0.5) is 11.4 Å². The van der Waals surface area contributed by atoms with Crippen LogP contribution in [0.3, 0.4) is 0 Å². The van der Waals surface area contributed by atoms with Gasteiger partial charge in [0, 0.05) is 17.5 Å². The number of hydrazone groups is 1. The number of nitrogens with one attached hydrogen (secondary N) is 1. The highest BCUT2D eigenvalue weighted by molar-refractivity contribution is 5.85. The largest absolute Gasteiger partial charge is 0.399 e. The Morgan fingerprint density at radius 1 is 1.31 bits per heavy atom. The van der Waals surface area contributed by atoms with E-state index in [1.165, 1.54) is 0 Å². The molecule has 0 atom stereocenters. The van der Waals surface area contributed by atoms with E-state index in [1.807, 2.05) is 30.4 Å². The molecular weight excluding hydrogens is 186 g/mol. The van der Waals surface area contributed by atoms with E-state index >= 15 is 0 Å². The van der Waals surface area contributed by atoms with Crippen LogP contribution in [0.5, 0.6) is 0 Å². The monoisotopic (exact) mass is 195 g/mol. The molecule has 0 bridgehead atoms. The minimum atomic E-state index is 0. The van der Waals surface area contributed by atoms with Crippen LogP contribution in [-0.4, -0.2) is 6.21 Å². The lowest BCUT2D eigenvalue weighted by molar-refractivity contribution is 1.36. The molecule has 1 aromatic carbocycles. The lowest BCUT2D eigenvalue weighted by atomic mass is 10.1. The highest BCUT2D eigenvalue weighted by Crippen LogP contribution is 2.21. The van der Waals surface area contributed by atoms with Crippen LogP contribution in [-0.2, 0) is 0 Å². The van der Waals surface area contributed by atoms with Crippen molar-refractivity contribution >= 4 is 36.1 Å². The molecule has 4 heteroatoms. The van der Waals surface area contributed by atoms with Crippen molar-refractivity contribution in [2.45, 2.75) is 0 Å². The van der Waals surface area contributed by atoms with Crippen LogP contribution in [0.25, 0.3) is 6.08 Å². The highest BCUT2D eigenvalue weighted by atomic mass is 35.5. The van der Waals surface area contributed by atoms with E-state index in [0.29, 0.717) is 0 Å². The van der Waals surface area contributed by atoms with Gasteiger partial charge in [-0.3, -0.25) is 5.43 Å². The zero-order valence-electron chi connectivity index (χ0n) is 6.90. The van der Waals surface area contributed by atoms with Crippen molar-refractivity contribution in [3.05, 3.63) is 29.8 Å². The number of nitrogen functional groups attached to an aromatic ring is 1. The summed E-state index contributed by atoms with van der Waals surface area (Å²) in [6.07, 6.45) is 5.55. The van der Waals surface area contributed by atoms with Gasteiger partial charge in [0.1, 0.15) is 0 Å². The van der Waals surface area contributed by atoms with E-state index in [-0.39, 0.29) is 12.4 Å². The molecular formula is C9H10ClN3. The Labute approximate surface area is 82.7 Å². The molecule has 3 N–H and O–H groups in total. The first-order valence-electron chi connectivity index (χ1n) is 3.71. The second kappa shape index (κ2) is 3.96. The topological polar surface area (TPSA) is 50.4 Å². The van der Waals surface area contributed by atoms with E-state index in [2.05, 4.69) is 10.5 Å². The molecule has 0 aromatic heterocycles. The Bertz CT molecular complexity index is 358. The maximum absolute atomic E-state index is 5.63. The first-order chi connectivity index (χ1) is 5.86. The summed E-state index contributed by atoms with van der Waals surface area (Å²) in [7, 11) is 0. The summed E-state index contributed by atoms with van der Waals surface area (Å²) in [5.74, 6) is 0. The van der Waals surface area contributed by atoms with Gasteiger partial charge >= 0.3 is 0 Å². The maximum Gasteiger partial charge on any atom is 0.0635 e. The van der Waals surface area contributed by atoms with Gasteiger partial charge in [0.15, 0.2) is 0 Å². The summed E-state index contributed by atoms with van der Waals surface area (Å²) in [6.45, 7) is 0. The number of fused-ring (bicyclic) bond motifs is 1. The van der Waals surface area contributed by atoms with Crippen molar-refractivity contribution in [2.24, 2.45) is 5.10 Å². The quantitative estimate of drug-likeness (QED) is 0.623. The lowest BCUT2D eigenvalue weighted by Crippen LogP contribution is -1.91. The minimum absolute atomic E-state index is 0. The number of nitrogens with zero attached hydrogens (tertiary/aromatic N) is 1. The molecule has 68 valence electrons. The first kappa shape index (κ1) is 9.61. The molecule has 0 spiro atoms. The van der Waals surface area contributed by atoms with Crippen LogP contribution in [0.15, 0.2) is 29.4 Å². The predicted molar refractivity (Wildman–Crippen MR) is 59.3 cm³/mol. The molecule has 1 aromatic rings. The van der Waals surface area contributed by atoms with Crippen molar-refractivity contribution in [2.75, 3.05) is 11.2 Å². The lowest BCUT2D eigenvalue weighted by Gasteiger charge is -2.03. The van der Waals surface area contributed by atoms with Crippen molar-refractivity contribution in [3.8, 4) is 0 Å². The average molecular weight is 196 g/mol. The van der Waals surface area contributed by atoms with Crippen molar-refractivity contribution in [1.29, 1.82) is 0 Å². The summed E-state index contributed by atoms with van der Waals surface area (Å²) >= 11 is 0. The van der Waals surface area contributed by atoms with Crippen LogP contribution in [0.2, 0.25) is 0 Å². The third kappa shape index (κ3) is 2.00. The van der Waals surface area contributed by atoms with Gasteiger partial charge in [-0.05, 0) is 24.3 Å². The Morgan fingerprint density at radius 3 is 3.00 bits per heavy atom. The van der Waals surface area contributed by atoms with Gasteiger partial charge in [-0.25, -0.2) is 0 Å². The third-order valence-corrected chi connectivity index (χ3v) is 1.70. The minimum Gasteiger partial charge on any atom is -0.399 e. The molecule has 0 amide bonds. The van der Waals surface area contributed by atoms with E-state index in [9.17, 15) is 0 Å². The molecule has 0 fully saturated rings. The van der Waals surface area contributed by atoms with Gasteiger partial charge in [0.2, 0.25) is 0 Å². The molecule has 0 saturated heterocycles. The molecule has 1 heterocycles. The van der Waals surface area contributed by atoms with Crippen molar-refractivity contribution < 1.29 is 0 Å². The fourth-order valence-electron chi connectivity index (χ4n) is 1.12. The second-order valence-electron chi connectivity index (χ2n) is 2.60. The molecule has 0 saturated carbocycles. The van der Waals surface area contributed by atoms with Gasteiger partial charge in [-0.15, -0.1) is 12.4 Å². The van der Waals surface area contributed by atoms with E-state index in [1.54, 1.807) is 6.21 Å². The van der Waals surface area contributed by atoms with Crippen LogP contribution >= 0.6 is 12.4 Å².